The number of thioether (sulfide) groups is 1. The Bertz CT molecular complexity index is 907. The number of hydrogen-bond donors (Lipinski definition) is 1. The first kappa shape index (κ1) is 15.4. The van der Waals surface area contributed by atoms with Gasteiger partial charge in [-0.05, 0) is 19.9 Å². The third kappa shape index (κ3) is 2.74. The summed E-state index contributed by atoms with van der Waals surface area (Å²) in [6, 6.07) is 7.78. The van der Waals surface area contributed by atoms with Crippen LogP contribution in [0.25, 0.3) is 11.3 Å². The van der Waals surface area contributed by atoms with Gasteiger partial charge in [-0.1, -0.05) is 30.0 Å². The largest absolute Gasteiger partial charge is 0.325 e. The number of imidazole rings is 1. The van der Waals surface area contributed by atoms with E-state index in [1.165, 1.54) is 11.3 Å². The number of para-hydroxylation sites is 1. The molecular formula is C17H16N4OS2. The summed E-state index contributed by atoms with van der Waals surface area (Å²) in [5, 5.41) is 4.96. The van der Waals surface area contributed by atoms with Crippen LogP contribution in [0.2, 0.25) is 0 Å². The van der Waals surface area contributed by atoms with Crippen molar-refractivity contribution >= 4 is 34.7 Å². The van der Waals surface area contributed by atoms with Crippen molar-refractivity contribution in [2.45, 2.75) is 25.5 Å². The maximum absolute atomic E-state index is 12.6. The van der Waals surface area contributed by atoms with Crippen LogP contribution in [0.3, 0.4) is 0 Å². The molecule has 0 fully saturated rings. The van der Waals surface area contributed by atoms with E-state index in [1.54, 1.807) is 11.8 Å². The topological polar surface area (TPSA) is 59.8 Å². The molecule has 1 amide bonds. The van der Waals surface area contributed by atoms with Crippen molar-refractivity contribution in [2.24, 2.45) is 0 Å². The van der Waals surface area contributed by atoms with Crippen molar-refractivity contribution in [3.63, 3.8) is 0 Å². The van der Waals surface area contributed by atoms with Gasteiger partial charge in [-0.3, -0.25) is 4.79 Å². The highest BCUT2D eigenvalue weighted by molar-refractivity contribution is 7.99. The van der Waals surface area contributed by atoms with Crippen LogP contribution in [0.1, 0.15) is 20.4 Å². The molecule has 24 heavy (non-hydrogen) atoms. The number of fused-ring (bicyclic) bond motifs is 1. The first-order valence-electron chi connectivity index (χ1n) is 7.66. The number of anilines is 1. The van der Waals surface area contributed by atoms with Gasteiger partial charge in [-0.2, -0.15) is 0 Å². The van der Waals surface area contributed by atoms with Crippen LogP contribution in [0.5, 0.6) is 0 Å². The van der Waals surface area contributed by atoms with Gasteiger partial charge >= 0.3 is 0 Å². The third-order valence-electron chi connectivity index (χ3n) is 3.86. The minimum absolute atomic E-state index is 0.119. The summed E-state index contributed by atoms with van der Waals surface area (Å²) >= 11 is 3.18. The normalized spacial score (nSPS) is 13.1. The maximum atomic E-state index is 12.6. The second kappa shape index (κ2) is 6.07. The van der Waals surface area contributed by atoms with E-state index in [1.807, 2.05) is 38.1 Å². The number of hydrogen-bond acceptors (Lipinski definition) is 5. The van der Waals surface area contributed by atoms with E-state index in [-0.39, 0.29) is 5.91 Å². The van der Waals surface area contributed by atoms with Gasteiger partial charge in [0.25, 0.3) is 5.91 Å². The molecule has 0 saturated carbocycles. The molecular weight excluding hydrogens is 340 g/mol. The molecule has 0 atom stereocenters. The van der Waals surface area contributed by atoms with E-state index in [2.05, 4.69) is 26.0 Å². The van der Waals surface area contributed by atoms with E-state index < -0.39 is 0 Å². The number of aromatic nitrogens is 3. The lowest BCUT2D eigenvalue weighted by Crippen LogP contribution is -2.12. The fraction of sp³-hybridized carbons (Fsp3) is 0.235. The first-order valence-corrected chi connectivity index (χ1v) is 9.47. The summed E-state index contributed by atoms with van der Waals surface area (Å²) in [7, 11) is 0. The molecule has 122 valence electrons. The van der Waals surface area contributed by atoms with Crippen LogP contribution in [0.15, 0.2) is 35.6 Å². The summed E-state index contributed by atoms with van der Waals surface area (Å²) in [6.07, 6.45) is 2.06. The highest BCUT2D eigenvalue weighted by Crippen LogP contribution is 2.33. The van der Waals surface area contributed by atoms with Crippen molar-refractivity contribution in [1.29, 1.82) is 0 Å². The molecule has 1 aliphatic heterocycles. The number of nitrogens with one attached hydrogen (secondary N) is 1. The number of rotatable bonds is 3. The number of amides is 1. The number of thiazole rings is 1. The second-order valence-electron chi connectivity index (χ2n) is 5.60. The lowest BCUT2D eigenvalue weighted by atomic mass is 10.1. The van der Waals surface area contributed by atoms with Gasteiger partial charge in [0.2, 0.25) is 0 Å². The molecule has 3 heterocycles. The lowest BCUT2D eigenvalue weighted by Gasteiger charge is -2.09. The average Bonchev–Trinajstić information content (AvgIpc) is 3.22. The summed E-state index contributed by atoms with van der Waals surface area (Å²) in [5.41, 5.74) is 3.37. The van der Waals surface area contributed by atoms with Gasteiger partial charge < -0.3 is 9.88 Å². The minimum Gasteiger partial charge on any atom is -0.325 e. The van der Waals surface area contributed by atoms with Crippen LogP contribution in [-0.4, -0.2) is 26.2 Å². The second-order valence-corrected chi connectivity index (χ2v) is 7.86. The van der Waals surface area contributed by atoms with E-state index in [0.29, 0.717) is 4.88 Å². The zero-order valence-electron chi connectivity index (χ0n) is 13.4. The van der Waals surface area contributed by atoms with Crippen molar-refractivity contribution < 1.29 is 4.79 Å². The van der Waals surface area contributed by atoms with E-state index in [0.717, 1.165) is 45.1 Å². The van der Waals surface area contributed by atoms with E-state index in [9.17, 15) is 4.79 Å². The Morgan fingerprint density at radius 2 is 2.08 bits per heavy atom. The van der Waals surface area contributed by atoms with Crippen molar-refractivity contribution in [3.8, 4) is 11.3 Å². The zero-order valence-corrected chi connectivity index (χ0v) is 15.0. The van der Waals surface area contributed by atoms with Gasteiger partial charge in [0.1, 0.15) is 4.88 Å². The Balaban J connectivity index is 1.66. The highest BCUT2D eigenvalue weighted by Gasteiger charge is 2.19. The Kier molecular flexibility index (Phi) is 3.90. The standard InChI is InChI=1S/C17H16N4OS2/c1-10-15(24-11(2)18-10)16(22)19-13-6-4-3-5-12(13)14-9-21-7-8-23-17(21)20-14/h3-6,9H,7-8H2,1-2H3,(H,19,22). The molecule has 1 aromatic carbocycles. The summed E-state index contributed by atoms with van der Waals surface area (Å²) < 4.78 is 2.16. The maximum Gasteiger partial charge on any atom is 0.267 e. The molecule has 4 rings (SSSR count). The Labute approximate surface area is 148 Å². The molecule has 2 aromatic heterocycles. The summed E-state index contributed by atoms with van der Waals surface area (Å²) in [5.74, 6) is 0.956. The fourth-order valence-electron chi connectivity index (χ4n) is 2.78. The molecule has 0 unspecified atom stereocenters. The smallest absolute Gasteiger partial charge is 0.267 e. The Hall–Kier alpha value is -2.12. The highest BCUT2D eigenvalue weighted by atomic mass is 32.2. The quantitative estimate of drug-likeness (QED) is 0.771. The number of carbonyl (C=O) groups is 1. The molecule has 1 N–H and O–H groups in total. The molecule has 0 bridgehead atoms. The van der Waals surface area contributed by atoms with Crippen LogP contribution in [-0.2, 0) is 6.54 Å². The van der Waals surface area contributed by atoms with Gasteiger partial charge in [0.05, 0.1) is 22.1 Å². The fourth-order valence-corrected chi connectivity index (χ4v) is 4.53. The van der Waals surface area contributed by atoms with Crippen molar-refractivity contribution in [3.05, 3.63) is 46.0 Å². The van der Waals surface area contributed by atoms with E-state index >= 15 is 0 Å². The molecule has 0 spiro atoms. The van der Waals surface area contributed by atoms with Crippen LogP contribution in [0.4, 0.5) is 5.69 Å². The van der Waals surface area contributed by atoms with Crippen LogP contribution >= 0.6 is 23.1 Å². The monoisotopic (exact) mass is 356 g/mol. The molecule has 7 heteroatoms. The number of nitrogens with zero attached hydrogens (tertiary/aromatic N) is 3. The molecule has 0 saturated heterocycles. The first-order chi connectivity index (χ1) is 11.6. The van der Waals surface area contributed by atoms with Crippen LogP contribution in [0, 0.1) is 13.8 Å². The Morgan fingerprint density at radius 1 is 1.25 bits per heavy atom. The summed E-state index contributed by atoms with van der Waals surface area (Å²) in [4.78, 5) is 22.3. The molecule has 5 nitrogen and oxygen atoms in total. The van der Waals surface area contributed by atoms with Crippen molar-refractivity contribution in [2.75, 3.05) is 11.1 Å². The summed E-state index contributed by atoms with van der Waals surface area (Å²) in [6.45, 7) is 4.76. The van der Waals surface area contributed by atoms with E-state index in [4.69, 9.17) is 0 Å². The molecule has 1 aliphatic rings. The van der Waals surface area contributed by atoms with Gasteiger partial charge in [-0.15, -0.1) is 11.3 Å². The molecule has 0 aliphatic carbocycles. The third-order valence-corrected chi connectivity index (χ3v) is 5.91. The minimum atomic E-state index is -0.119. The van der Waals surface area contributed by atoms with Gasteiger partial charge in [-0.25, -0.2) is 9.97 Å². The predicted molar refractivity (Wildman–Crippen MR) is 97.9 cm³/mol. The molecule has 0 radical (unpaired) electrons. The number of aryl methyl sites for hydroxylation is 3. The van der Waals surface area contributed by atoms with Crippen LogP contribution < -0.4 is 5.32 Å². The average molecular weight is 356 g/mol. The van der Waals surface area contributed by atoms with Gasteiger partial charge in [0.15, 0.2) is 5.16 Å². The molecule has 3 aromatic rings. The lowest BCUT2D eigenvalue weighted by molar-refractivity contribution is 0.103. The number of carbonyl (C=O) groups excluding carboxylic acids is 1. The number of benzene rings is 1. The predicted octanol–water partition coefficient (Wildman–Crippen LogP) is 3.98. The van der Waals surface area contributed by atoms with Crippen molar-refractivity contribution in [1.82, 2.24) is 14.5 Å². The van der Waals surface area contributed by atoms with Gasteiger partial charge in [0, 0.05) is 24.1 Å². The zero-order chi connectivity index (χ0) is 16.7. The SMILES string of the molecule is Cc1nc(C)c(C(=O)Nc2ccccc2-c2cn3c(n2)SCC3)s1. The Morgan fingerprint density at radius 3 is 2.83 bits per heavy atom.